The highest BCUT2D eigenvalue weighted by Gasteiger charge is 2.25. The number of hydrogen-bond acceptors (Lipinski definition) is 5. The van der Waals surface area contributed by atoms with Crippen LogP contribution in [-0.4, -0.2) is 39.4 Å². The van der Waals surface area contributed by atoms with Gasteiger partial charge in [0.05, 0.1) is 6.54 Å². The summed E-state index contributed by atoms with van der Waals surface area (Å²) in [6.45, 7) is 1.99. The number of hydrogen-bond donors (Lipinski definition) is 1. The molecule has 4 nitrogen and oxygen atoms in total. The maximum atomic E-state index is 8.88. The zero-order valence-electron chi connectivity index (χ0n) is 9.10. The van der Waals surface area contributed by atoms with E-state index in [0.29, 0.717) is 10.5 Å². The van der Waals surface area contributed by atoms with Crippen LogP contribution in [0.1, 0.15) is 30.7 Å². The van der Waals surface area contributed by atoms with Crippen LogP contribution in [0.15, 0.2) is 0 Å². The van der Waals surface area contributed by atoms with E-state index in [-0.39, 0.29) is 6.61 Å². The van der Waals surface area contributed by atoms with Crippen molar-refractivity contribution in [3.63, 3.8) is 0 Å². The van der Waals surface area contributed by atoms with Crippen molar-refractivity contribution in [2.24, 2.45) is 0 Å². The van der Waals surface area contributed by atoms with Gasteiger partial charge in [-0.05, 0) is 30.9 Å². The predicted molar refractivity (Wildman–Crippen MR) is 64.7 cm³/mol. The molecule has 0 saturated heterocycles. The second-order valence-electron chi connectivity index (χ2n) is 4.08. The lowest BCUT2D eigenvalue weighted by Gasteiger charge is -2.36. The molecule has 1 saturated carbocycles. The number of aliphatic hydroxyl groups is 1. The lowest BCUT2D eigenvalue weighted by Crippen LogP contribution is -2.40. The zero-order chi connectivity index (χ0) is 11.4. The highest BCUT2D eigenvalue weighted by molar-refractivity contribution is 7.15. The average molecular weight is 262 g/mol. The summed E-state index contributed by atoms with van der Waals surface area (Å²) in [6.07, 6.45) is 4.66. The molecule has 0 atom stereocenters. The third kappa shape index (κ3) is 3.13. The Morgan fingerprint density at radius 1 is 1.44 bits per heavy atom. The molecule has 0 amide bonds. The molecule has 1 fully saturated rings. The van der Waals surface area contributed by atoms with Crippen LogP contribution in [0.2, 0.25) is 4.47 Å². The van der Waals surface area contributed by atoms with Gasteiger partial charge in [0, 0.05) is 19.2 Å². The summed E-state index contributed by atoms with van der Waals surface area (Å²) < 4.78 is 0.505. The Hall–Kier alpha value is -0.230. The fourth-order valence-electron chi connectivity index (χ4n) is 1.89. The second-order valence-corrected chi connectivity index (χ2v) is 5.73. The molecule has 0 unspecified atom stereocenters. The molecule has 16 heavy (non-hydrogen) atoms. The number of rotatable bonds is 6. The normalized spacial score (nSPS) is 16.7. The quantitative estimate of drug-likeness (QED) is 0.850. The topological polar surface area (TPSA) is 49.2 Å². The molecule has 1 aromatic heterocycles. The van der Waals surface area contributed by atoms with Crippen molar-refractivity contribution in [2.75, 3.05) is 13.2 Å². The maximum Gasteiger partial charge on any atom is 0.207 e. The fraction of sp³-hybridized carbons (Fsp3) is 0.800. The number of aromatic nitrogens is 2. The first kappa shape index (κ1) is 12.2. The van der Waals surface area contributed by atoms with Crippen LogP contribution in [0.25, 0.3) is 0 Å². The van der Waals surface area contributed by atoms with Crippen LogP contribution in [-0.2, 0) is 6.54 Å². The molecule has 1 aromatic rings. The fourth-order valence-corrected chi connectivity index (χ4v) is 2.78. The predicted octanol–water partition coefficient (Wildman–Crippen LogP) is 1.93. The van der Waals surface area contributed by atoms with E-state index in [1.165, 1.54) is 30.6 Å². The molecule has 0 spiro atoms. The van der Waals surface area contributed by atoms with Crippen LogP contribution in [0.5, 0.6) is 0 Å². The Morgan fingerprint density at radius 3 is 2.75 bits per heavy atom. The summed E-state index contributed by atoms with van der Waals surface area (Å²) in [5.74, 6) is 0. The van der Waals surface area contributed by atoms with Crippen molar-refractivity contribution >= 4 is 22.9 Å². The van der Waals surface area contributed by atoms with Gasteiger partial charge in [0.2, 0.25) is 4.47 Å². The van der Waals surface area contributed by atoms with E-state index in [1.807, 2.05) is 0 Å². The zero-order valence-corrected chi connectivity index (χ0v) is 10.7. The van der Waals surface area contributed by atoms with Gasteiger partial charge >= 0.3 is 0 Å². The first-order valence-corrected chi connectivity index (χ1v) is 6.82. The average Bonchev–Trinajstić information content (AvgIpc) is 2.58. The van der Waals surface area contributed by atoms with Gasteiger partial charge in [-0.2, -0.15) is 0 Å². The first-order valence-electron chi connectivity index (χ1n) is 5.62. The molecular formula is C10H16ClN3OS. The van der Waals surface area contributed by atoms with Crippen LogP contribution >= 0.6 is 22.9 Å². The van der Waals surface area contributed by atoms with Gasteiger partial charge in [0.1, 0.15) is 5.01 Å². The van der Waals surface area contributed by atoms with Gasteiger partial charge in [-0.1, -0.05) is 17.8 Å². The Labute approximate surface area is 104 Å². The molecule has 0 radical (unpaired) electrons. The van der Waals surface area contributed by atoms with Crippen molar-refractivity contribution < 1.29 is 5.11 Å². The SMILES string of the molecule is OCCCN(Cc1nnc(Cl)s1)C1CCC1. The van der Waals surface area contributed by atoms with Gasteiger partial charge in [-0.3, -0.25) is 4.90 Å². The number of nitrogens with zero attached hydrogens (tertiary/aromatic N) is 3. The molecule has 1 aliphatic rings. The minimum atomic E-state index is 0.250. The Bertz CT molecular complexity index is 330. The van der Waals surface area contributed by atoms with E-state index in [0.717, 1.165) is 24.5 Å². The lowest BCUT2D eigenvalue weighted by molar-refractivity contribution is 0.109. The summed E-state index contributed by atoms with van der Waals surface area (Å²) in [5, 5.41) is 17.7. The summed E-state index contributed by atoms with van der Waals surface area (Å²) in [5.41, 5.74) is 0. The van der Waals surface area contributed by atoms with Crippen LogP contribution in [0, 0.1) is 0 Å². The minimum absolute atomic E-state index is 0.250. The van der Waals surface area contributed by atoms with E-state index >= 15 is 0 Å². The molecule has 1 aliphatic carbocycles. The van der Waals surface area contributed by atoms with Crippen LogP contribution < -0.4 is 0 Å². The molecule has 0 bridgehead atoms. The lowest BCUT2D eigenvalue weighted by atomic mass is 9.91. The highest BCUT2D eigenvalue weighted by atomic mass is 35.5. The van der Waals surface area contributed by atoms with Crippen molar-refractivity contribution in [2.45, 2.75) is 38.3 Å². The van der Waals surface area contributed by atoms with Gasteiger partial charge in [0.15, 0.2) is 0 Å². The number of halogens is 1. The van der Waals surface area contributed by atoms with Gasteiger partial charge in [-0.25, -0.2) is 0 Å². The third-order valence-corrected chi connectivity index (χ3v) is 3.98. The molecule has 6 heteroatoms. The van der Waals surface area contributed by atoms with E-state index in [9.17, 15) is 0 Å². The van der Waals surface area contributed by atoms with Crippen LogP contribution in [0.4, 0.5) is 0 Å². The highest BCUT2D eigenvalue weighted by Crippen LogP contribution is 2.27. The largest absolute Gasteiger partial charge is 0.396 e. The summed E-state index contributed by atoms with van der Waals surface area (Å²) in [6, 6.07) is 0.661. The molecule has 90 valence electrons. The molecule has 1 N–H and O–H groups in total. The third-order valence-electron chi connectivity index (χ3n) is 2.98. The summed E-state index contributed by atoms with van der Waals surface area (Å²) >= 11 is 7.20. The van der Waals surface area contributed by atoms with E-state index in [4.69, 9.17) is 16.7 Å². The molecule has 1 heterocycles. The minimum Gasteiger partial charge on any atom is -0.396 e. The molecule has 0 aliphatic heterocycles. The van der Waals surface area contributed by atoms with Crippen molar-refractivity contribution in [1.29, 1.82) is 0 Å². The van der Waals surface area contributed by atoms with Gasteiger partial charge in [0.25, 0.3) is 0 Å². The van der Waals surface area contributed by atoms with E-state index in [1.54, 1.807) is 0 Å². The Balaban J connectivity index is 1.90. The number of aliphatic hydroxyl groups excluding tert-OH is 1. The Kier molecular flexibility index (Phi) is 4.52. The Morgan fingerprint density at radius 2 is 2.25 bits per heavy atom. The smallest absolute Gasteiger partial charge is 0.207 e. The monoisotopic (exact) mass is 261 g/mol. The molecular weight excluding hydrogens is 246 g/mol. The van der Waals surface area contributed by atoms with E-state index in [2.05, 4.69) is 15.1 Å². The molecule has 0 aromatic carbocycles. The van der Waals surface area contributed by atoms with Gasteiger partial charge in [-0.15, -0.1) is 10.2 Å². The summed E-state index contributed by atoms with van der Waals surface area (Å²) in [4.78, 5) is 2.39. The standard InChI is InChI=1S/C10H16ClN3OS/c11-10-13-12-9(16-10)7-14(5-2-6-15)8-3-1-4-8/h8,15H,1-7H2. The summed E-state index contributed by atoms with van der Waals surface area (Å²) in [7, 11) is 0. The molecule has 2 rings (SSSR count). The van der Waals surface area contributed by atoms with Gasteiger partial charge < -0.3 is 5.11 Å². The van der Waals surface area contributed by atoms with Crippen molar-refractivity contribution in [3.8, 4) is 0 Å². The maximum absolute atomic E-state index is 8.88. The van der Waals surface area contributed by atoms with Crippen molar-refractivity contribution in [3.05, 3.63) is 9.47 Å². The second kappa shape index (κ2) is 5.91. The van der Waals surface area contributed by atoms with Crippen LogP contribution in [0.3, 0.4) is 0 Å². The first-order chi connectivity index (χ1) is 7.79. The van der Waals surface area contributed by atoms with E-state index < -0.39 is 0 Å². The van der Waals surface area contributed by atoms with Crippen molar-refractivity contribution in [1.82, 2.24) is 15.1 Å².